The van der Waals surface area contributed by atoms with Gasteiger partial charge in [-0.15, -0.1) is 0 Å². The molecule has 1 unspecified atom stereocenters. The molecular weight excluding hydrogens is 324 g/mol. The van der Waals surface area contributed by atoms with Gasteiger partial charge in [0.1, 0.15) is 0 Å². The third-order valence-electron chi connectivity index (χ3n) is 4.94. The fourth-order valence-corrected chi connectivity index (χ4v) is 3.42. The van der Waals surface area contributed by atoms with E-state index in [0.717, 1.165) is 17.7 Å². The molecular formula is C22H26N2O2. The van der Waals surface area contributed by atoms with Crippen molar-refractivity contribution in [2.45, 2.75) is 32.6 Å². The van der Waals surface area contributed by atoms with Gasteiger partial charge in [-0.2, -0.15) is 0 Å². The van der Waals surface area contributed by atoms with Crippen LogP contribution < -0.4 is 5.32 Å². The van der Waals surface area contributed by atoms with Crippen LogP contribution in [-0.4, -0.2) is 29.8 Å². The standard InChI is InChI=1S/C22H26N2O2/c1-16(2)19-10-6-7-11-20(19)23-22(26)18-14-21(25)24(15-18)13-12-17-8-4-3-5-9-17/h3-11,16,18H,12-15H2,1-2H3,(H,23,26). The van der Waals surface area contributed by atoms with Crippen molar-refractivity contribution in [2.24, 2.45) is 5.92 Å². The molecule has 1 aliphatic rings. The van der Waals surface area contributed by atoms with Gasteiger partial charge in [0, 0.05) is 25.2 Å². The highest BCUT2D eigenvalue weighted by Crippen LogP contribution is 2.26. The number of carbonyl (C=O) groups is 2. The molecule has 0 aliphatic carbocycles. The van der Waals surface area contributed by atoms with E-state index in [-0.39, 0.29) is 17.7 Å². The highest BCUT2D eigenvalue weighted by molar-refractivity contribution is 5.97. The van der Waals surface area contributed by atoms with E-state index in [2.05, 4.69) is 31.3 Å². The van der Waals surface area contributed by atoms with Crippen molar-refractivity contribution < 1.29 is 9.59 Å². The first-order valence-corrected chi connectivity index (χ1v) is 9.26. The van der Waals surface area contributed by atoms with E-state index in [9.17, 15) is 9.59 Å². The summed E-state index contributed by atoms with van der Waals surface area (Å²) in [6.45, 7) is 5.38. The number of hydrogen-bond acceptors (Lipinski definition) is 2. The fourth-order valence-electron chi connectivity index (χ4n) is 3.42. The molecule has 0 aromatic heterocycles. The average molecular weight is 350 g/mol. The predicted molar refractivity (Wildman–Crippen MR) is 104 cm³/mol. The van der Waals surface area contributed by atoms with Gasteiger partial charge >= 0.3 is 0 Å². The number of anilines is 1. The van der Waals surface area contributed by atoms with E-state index < -0.39 is 0 Å². The molecule has 1 atom stereocenters. The molecule has 2 aromatic rings. The summed E-state index contributed by atoms with van der Waals surface area (Å²) in [6, 6.07) is 18.0. The Kier molecular flexibility index (Phi) is 5.71. The zero-order valence-corrected chi connectivity index (χ0v) is 15.4. The number of benzene rings is 2. The minimum atomic E-state index is -0.279. The molecule has 2 amide bonds. The molecule has 26 heavy (non-hydrogen) atoms. The predicted octanol–water partition coefficient (Wildman–Crippen LogP) is 3.84. The Morgan fingerprint density at radius 2 is 1.81 bits per heavy atom. The van der Waals surface area contributed by atoms with Crippen LogP contribution in [0.25, 0.3) is 0 Å². The first-order valence-electron chi connectivity index (χ1n) is 9.26. The summed E-state index contributed by atoms with van der Waals surface area (Å²) < 4.78 is 0. The lowest BCUT2D eigenvalue weighted by molar-refractivity contribution is -0.128. The Labute approximate surface area is 155 Å². The average Bonchev–Trinajstić information content (AvgIpc) is 3.02. The Bertz CT molecular complexity index is 771. The molecule has 3 rings (SSSR count). The topological polar surface area (TPSA) is 49.4 Å². The monoisotopic (exact) mass is 350 g/mol. The van der Waals surface area contributed by atoms with Gasteiger partial charge in [-0.25, -0.2) is 0 Å². The van der Waals surface area contributed by atoms with Crippen molar-refractivity contribution in [1.29, 1.82) is 0 Å². The van der Waals surface area contributed by atoms with Crippen molar-refractivity contribution in [1.82, 2.24) is 4.90 Å². The summed E-state index contributed by atoms with van der Waals surface area (Å²) >= 11 is 0. The number of nitrogens with zero attached hydrogens (tertiary/aromatic N) is 1. The van der Waals surface area contributed by atoms with Crippen LogP contribution in [0.3, 0.4) is 0 Å². The molecule has 1 saturated heterocycles. The van der Waals surface area contributed by atoms with Crippen LogP contribution >= 0.6 is 0 Å². The Balaban J connectivity index is 1.59. The summed E-state index contributed by atoms with van der Waals surface area (Å²) in [5.74, 6) is 0.0597. The van der Waals surface area contributed by atoms with Crippen LogP contribution in [0.2, 0.25) is 0 Å². The second-order valence-electron chi connectivity index (χ2n) is 7.21. The van der Waals surface area contributed by atoms with E-state index in [1.807, 2.05) is 47.4 Å². The molecule has 4 heteroatoms. The van der Waals surface area contributed by atoms with Gasteiger partial charge in [0.05, 0.1) is 5.92 Å². The van der Waals surface area contributed by atoms with Crippen LogP contribution in [0.1, 0.15) is 37.3 Å². The van der Waals surface area contributed by atoms with Gasteiger partial charge in [0.15, 0.2) is 0 Å². The largest absolute Gasteiger partial charge is 0.342 e. The number of carbonyl (C=O) groups excluding carboxylic acids is 2. The third kappa shape index (κ3) is 4.31. The molecule has 1 aliphatic heterocycles. The second kappa shape index (κ2) is 8.17. The Hall–Kier alpha value is -2.62. The zero-order valence-electron chi connectivity index (χ0n) is 15.4. The maximum Gasteiger partial charge on any atom is 0.229 e. The smallest absolute Gasteiger partial charge is 0.229 e. The first-order chi connectivity index (χ1) is 12.5. The molecule has 2 aromatic carbocycles. The number of nitrogens with one attached hydrogen (secondary N) is 1. The van der Waals surface area contributed by atoms with Gasteiger partial charge in [0.2, 0.25) is 11.8 Å². The van der Waals surface area contributed by atoms with Crippen molar-refractivity contribution in [2.75, 3.05) is 18.4 Å². The highest BCUT2D eigenvalue weighted by atomic mass is 16.2. The fraction of sp³-hybridized carbons (Fsp3) is 0.364. The molecule has 0 bridgehead atoms. The number of para-hydroxylation sites is 1. The Morgan fingerprint density at radius 1 is 1.12 bits per heavy atom. The quantitative estimate of drug-likeness (QED) is 0.860. The van der Waals surface area contributed by atoms with Crippen molar-refractivity contribution in [3.05, 3.63) is 65.7 Å². The lowest BCUT2D eigenvalue weighted by Crippen LogP contribution is -2.30. The maximum atomic E-state index is 12.7. The zero-order chi connectivity index (χ0) is 18.5. The normalized spacial score (nSPS) is 17.0. The SMILES string of the molecule is CC(C)c1ccccc1NC(=O)C1CC(=O)N(CCc2ccccc2)C1. The van der Waals surface area contributed by atoms with Gasteiger partial charge in [-0.3, -0.25) is 9.59 Å². The minimum Gasteiger partial charge on any atom is -0.342 e. The molecule has 1 N–H and O–H groups in total. The van der Waals surface area contributed by atoms with Crippen LogP contribution in [-0.2, 0) is 16.0 Å². The molecule has 0 radical (unpaired) electrons. The summed E-state index contributed by atoms with van der Waals surface area (Å²) in [5.41, 5.74) is 3.17. The lowest BCUT2D eigenvalue weighted by atomic mass is 10.0. The van der Waals surface area contributed by atoms with Gasteiger partial charge in [-0.05, 0) is 29.5 Å². The number of rotatable bonds is 6. The van der Waals surface area contributed by atoms with E-state index in [1.54, 1.807) is 0 Å². The maximum absolute atomic E-state index is 12.7. The van der Waals surface area contributed by atoms with E-state index >= 15 is 0 Å². The molecule has 1 fully saturated rings. The summed E-state index contributed by atoms with van der Waals surface area (Å²) in [6.07, 6.45) is 1.11. The van der Waals surface area contributed by atoms with Gasteiger partial charge in [-0.1, -0.05) is 62.4 Å². The van der Waals surface area contributed by atoms with E-state index in [1.165, 1.54) is 5.56 Å². The van der Waals surface area contributed by atoms with Crippen molar-refractivity contribution in [3.8, 4) is 0 Å². The second-order valence-corrected chi connectivity index (χ2v) is 7.21. The van der Waals surface area contributed by atoms with Crippen LogP contribution in [0.4, 0.5) is 5.69 Å². The van der Waals surface area contributed by atoms with Gasteiger partial charge < -0.3 is 10.2 Å². The number of hydrogen-bond donors (Lipinski definition) is 1. The molecule has 0 spiro atoms. The molecule has 136 valence electrons. The molecule has 0 saturated carbocycles. The minimum absolute atomic E-state index is 0.0614. The van der Waals surface area contributed by atoms with Crippen LogP contribution in [0.5, 0.6) is 0 Å². The van der Waals surface area contributed by atoms with Gasteiger partial charge in [0.25, 0.3) is 0 Å². The van der Waals surface area contributed by atoms with Crippen LogP contribution in [0, 0.1) is 5.92 Å². The van der Waals surface area contributed by atoms with E-state index in [4.69, 9.17) is 0 Å². The third-order valence-corrected chi connectivity index (χ3v) is 4.94. The highest BCUT2D eigenvalue weighted by Gasteiger charge is 2.34. The summed E-state index contributed by atoms with van der Waals surface area (Å²) in [7, 11) is 0. The number of likely N-dealkylation sites (tertiary alicyclic amines) is 1. The van der Waals surface area contributed by atoms with E-state index in [0.29, 0.717) is 25.4 Å². The van der Waals surface area contributed by atoms with Crippen LogP contribution in [0.15, 0.2) is 54.6 Å². The molecule has 4 nitrogen and oxygen atoms in total. The molecule has 1 heterocycles. The lowest BCUT2D eigenvalue weighted by Gasteiger charge is -2.18. The van der Waals surface area contributed by atoms with Crippen molar-refractivity contribution >= 4 is 17.5 Å². The first kappa shape index (κ1) is 18.2. The Morgan fingerprint density at radius 3 is 2.54 bits per heavy atom. The summed E-state index contributed by atoms with van der Waals surface area (Å²) in [4.78, 5) is 26.8. The summed E-state index contributed by atoms with van der Waals surface area (Å²) in [5, 5.41) is 3.03. The number of amides is 2. The van der Waals surface area contributed by atoms with Crippen molar-refractivity contribution in [3.63, 3.8) is 0 Å².